The topological polar surface area (TPSA) is 34.4 Å². The molecule has 3 heteroatoms. The summed E-state index contributed by atoms with van der Waals surface area (Å²) < 4.78 is 11.9. The third-order valence-corrected chi connectivity index (χ3v) is 3.54. The number of nitrogens with one attached hydrogen (secondary N) is 1. The molecule has 0 saturated carbocycles. The van der Waals surface area contributed by atoms with Gasteiger partial charge in [0.05, 0.1) is 11.6 Å². The maximum atomic E-state index is 6.02. The average molecular weight is 275 g/mol. The Kier molecular flexibility index (Phi) is 4.84. The summed E-state index contributed by atoms with van der Waals surface area (Å²) in [5.41, 5.74) is 0.621. The van der Waals surface area contributed by atoms with Crippen molar-refractivity contribution in [2.24, 2.45) is 0 Å². The molecule has 0 aliphatic carbocycles. The number of benzene rings is 1. The zero-order valence-corrected chi connectivity index (χ0v) is 12.9. The molecule has 0 bridgehead atoms. The number of fused-ring (bicyclic) bond motifs is 1. The van der Waals surface area contributed by atoms with Gasteiger partial charge in [-0.3, -0.25) is 0 Å². The molecule has 0 aliphatic rings. The van der Waals surface area contributed by atoms with E-state index in [-0.39, 0.29) is 11.6 Å². The molecule has 2 rings (SSSR count). The lowest BCUT2D eigenvalue weighted by Gasteiger charge is -2.33. The van der Waals surface area contributed by atoms with Crippen LogP contribution in [0.25, 0.3) is 11.0 Å². The highest BCUT2D eigenvalue weighted by molar-refractivity contribution is 5.77. The minimum Gasteiger partial charge on any atom is -0.459 e. The van der Waals surface area contributed by atoms with Crippen LogP contribution in [-0.2, 0) is 4.74 Å². The van der Waals surface area contributed by atoms with Crippen LogP contribution in [0.15, 0.2) is 34.7 Å². The summed E-state index contributed by atoms with van der Waals surface area (Å²) in [6.07, 6.45) is 1.08. The van der Waals surface area contributed by atoms with Gasteiger partial charge in [-0.25, -0.2) is 0 Å². The summed E-state index contributed by atoms with van der Waals surface area (Å²) in [6, 6.07) is 10.3. The van der Waals surface area contributed by atoms with Crippen molar-refractivity contribution in [3.63, 3.8) is 0 Å². The second kappa shape index (κ2) is 6.42. The quantitative estimate of drug-likeness (QED) is 0.818. The van der Waals surface area contributed by atoms with Crippen molar-refractivity contribution in [1.29, 1.82) is 0 Å². The van der Waals surface area contributed by atoms with E-state index in [2.05, 4.69) is 38.2 Å². The Morgan fingerprint density at radius 3 is 2.65 bits per heavy atom. The first-order valence-corrected chi connectivity index (χ1v) is 7.44. The maximum Gasteiger partial charge on any atom is 0.134 e. The standard InChI is InChI=1S/C17H25NO2/c1-5-11-18-16(17(3,4)19-6-2)15-12-13-9-7-8-10-14(13)20-15/h7-10,12,16,18H,5-6,11H2,1-4H3. The maximum absolute atomic E-state index is 6.02. The van der Waals surface area contributed by atoms with E-state index < -0.39 is 0 Å². The highest BCUT2D eigenvalue weighted by Crippen LogP contribution is 2.32. The second-order valence-corrected chi connectivity index (χ2v) is 5.61. The number of hydrogen-bond acceptors (Lipinski definition) is 3. The predicted octanol–water partition coefficient (Wildman–Crippen LogP) is 4.29. The van der Waals surface area contributed by atoms with E-state index in [1.165, 1.54) is 0 Å². The summed E-state index contributed by atoms with van der Waals surface area (Å²) in [5, 5.41) is 4.69. The number of ether oxygens (including phenoxy) is 1. The molecule has 0 fully saturated rings. The first kappa shape index (κ1) is 15.1. The molecule has 110 valence electrons. The van der Waals surface area contributed by atoms with Crippen LogP contribution in [0.3, 0.4) is 0 Å². The summed E-state index contributed by atoms with van der Waals surface area (Å²) in [6.45, 7) is 10.0. The fourth-order valence-electron chi connectivity index (χ4n) is 2.58. The van der Waals surface area contributed by atoms with Crippen LogP contribution in [0, 0.1) is 0 Å². The molecule has 1 atom stereocenters. The minimum absolute atomic E-state index is 0.0507. The zero-order valence-electron chi connectivity index (χ0n) is 12.9. The van der Waals surface area contributed by atoms with E-state index >= 15 is 0 Å². The molecule has 2 aromatic rings. The van der Waals surface area contributed by atoms with Crippen molar-refractivity contribution < 1.29 is 9.15 Å². The number of hydrogen-bond donors (Lipinski definition) is 1. The molecular weight excluding hydrogens is 250 g/mol. The van der Waals surface area contributed by atoms with Crippen molar-refractivity contribution in [2.75, 3.05) is 13.2 Å². The molecule has 0 spiro atoms. The Hall–Kier alpha value is -1.32. The van der Waals surface area contributed by atoms with E-state index in [4.69, 9.17) is 9.15 Å². The van der Waals surface area contributed by atoms with Gasteiger partial charge >= 0.3 is 0 Å². The van der Waals surface area contributed by atoms with Crippen molar-refractivity contribution in [3.05, 3.63) is 36.1 Å². The highest BCUT2D eigenvalue weighted by Gasteiger charge is 2.33. The Labute approximate surface area is 121 Å². The van der Waals surface area contributed by atoms with Crippen LogP contribution >= 0.6 is 0 Å². The van der Waals surface area contributed by atoms with E-state index in [1.54, 1.807) is 0 Å². The molecule has 0 saturated heterocycles. The zero-order chi connectivity index (χ0) is 14.6. The molecule has 0 aliphatic heterocycles. The SMILES string of the molecule is CCCNC(c1cc2ccccc2o1)C(C)(C)OCC. The number of para-hydroxylation sites is 1. The van der Waals surface area contributed by atoms with Gasteiger partial charge in [0, 0.05) is 12.0 Å². The van der Waals surface area contributed by atoms with Crippen LogP contribution < -0.4 is 5.32 Å². The van der Waals surface area contributed by atoms with Crippen LogP contribution in [0.2, 0.25) is 0 Å². The predicted molar refractivity (Wildman–Crippen MR) is 83.0 cm³/mol. The van der Waals surface area contributed by atoms with Gasteiger partial charge in [0.2, 0.25) is 0 Å². The van der Waals surface area contributed by atoms with Crippen molar-refractivity contribution in [3.8, 4) is 0 Å². The molecule has 1 aromatic heterocycles. The Bertz CT molecular complexity index is 512. The van der Waals surface area contributed by atoms with Gasteiger partial charge in [0.15, 0.2) is 0 Å². The van der Waals surface area contributed by atoms with E-state index in [0.29, 0.717) is 6.61 Å². The van der Waals surface area contributed by atoms with Crippen LogP contribution in [0.1, 0.15) is 45.9 Å². The van der Waals surface area contributed by atoms with Crippen LogP contribution in [0.5, 0.6) is 0 Å². The van der Waals surface area contributed by atoms with Crippen LogP contribution in [-0.4, -0.2) is 18.8 Å². The Balaban J connectivity index is 2.34. The first-order chi connectivity index (χ1) is 9.58. The van der Waals surface area contributed by atoms with Gasteiger partial charge in [-0.1, -0.05) is 25.1 Å². The van der Waals surface area contributed by atoms with Gasteiger partial charge in [0.25, 0.3) is 0 Å². The third-order valence-electron chi connectivity index (χ3n) is 3.54. The molecular formula is C17H25NO2. The van der Waals surface area contributed by atoms with Crippen molar-refractivity contribution in [1.82, 2.24) is 5.32 Å². The summed E-state index contributed by atoms with van der Waals surface area (Å²) in [7, 11) is 0. The van der Waals surface area contributed by atoms with Crippen molar-refractivity contribution >= 4 is 11.0 Å². The van der Waals surface area contributed by atoms with E-state index in [0.717, 1.165) is 29.7 Å². The lowest BCUT2D eigenvalue weighted by Crippen LogP contribution is -2.41. The fourth-order valence-corrected chi connectivity index (χ4v) is 2.58. The molecule has 1 heterocycles. The Morgan fingerprint density at radius 2 is 2.00 bits per heavy atom. The molecule has 1 N–H and O–H groups in total. The number of rotatable bonds is 7. The average Bonchev–Trinajstić information content (AvgIpc) is 2.82. The largest absolute Gasteiger partial charge is 0.459 e. The highest BCUT2D eigenvalue weighted by atomic mass is 16.5. The molecule has 20 heavy (non-hydrogen) atoms. The Morgan fingerprint density at radius 1 is 1.25 bits per heavy atom. The van der Waals surface area contributed by atoms with Crippen molar-refractivity contribution in [2.45, 2.75) is 45.8 Å². The summed E-state index contributed by atoms with van der Waals surface area (Å²) in [4.78, 5) is 0. The molecule has 0 amide bonds. The molecule has 1 aromatic carbocycles. The van der Waals surface area contributed by atoms with Crippen LogP contribution in [0.4, 0.5) is 0 Å². The third kappa shape index (κ3) is 3.22. The smallest absolute Gasteiger partial charge is 0.134 e. The number of furan rings is 1. The molecule has 0 radical (unpaired) electrons. The molecule has 1 unspecified atom stereocenters. The summed E-state index contributed by atoms with van der Waals surface area (Å²) in [5.74, 6) is 0.943. The van der Waals surface area contributed by atoms with Gasteiger partial charge in [-0.15, -0.1) is 0 Å². The van der Waals surface area contributed by atoms with Gasteiger partial charge < -0.3 is 14.5 Å². The van der Waals surface area contributed by atoms with Gasteiger partial charge in [0.1, 0.15) is 11.3 Å². The first-order valence-electron chi connectivity index (χ1n) is 7.44. The fraction of sp³-hybridized carbons (Fsp3) is 0.529. The van der Waals surface area contributed by atoms with E-state index in [9.17, 15) is 0 Å². The van der Waals surface area contributed by atoms with Gasteiger partial charge in [-0.05, 0) is 45.9 Å². The second-order valence-electron chi connectivity index (χ2n) is 5.61. The lowest BCUT2D eigenvalue weighted by atomic mass is 9.95. The van der Waals surface area contributed by atoms with Gasteiger partial charge in [-0.2, -0.15) is 0 Å². The summed E-state index contributed by atoms with van der Waals surface area (Å²) >= 11 is 0. The normalized spacial score (nSPS) is 13.8. The lowest BCUT2D eigenvalue weighted by molar-refractivity contribution is -0.0436. The molecule has 3 nitrogen and oxygen atoms in total. The minimum atomic E-state index is -0.308. The monoisotopic (exact) mass is 275 g/mol. The van der Waals surface area contributed by atoms with E-state index in [1.807, 2.05) is 25.1 Å².